The van der Waals surface area contributed by atoms with Crippen molar-refractivity contribution in [3.05, 3.63) is 46.9 Å². The molecule has 150 valence electrons. The van der Waals surface area contributed by atoms with Crippen LogP contribution in [0.4, 0.5) is 11.6 Å². The SMILES string of the molecule is CC(C)(C)c1cn2nc(N3CCCN(c4ncc(C#N)cc4Cl)CC3)ccc2n1. The number of hydrogen-bond acceptors (Lipinski definition) is 6. The molecule has 4 rings (SSSR count). The number of nitrogens with zero attached hydrogens (tertiary/aromatic N) is 7. The van der Waals surface area contributed by atoms with Crippen molar-refractivity contribution < 1.29 is 0 Å². The van der Waals surface area contributed by atoms with Gasteiger partial charge >= 0.3 is 0 Å². The van der Waals surface area contributed by atoms with Crippen LogP contribution in [-0.4, -0.2) is 45.8 Å². The van der Waals surface area contributed by atoms with Gasteiger partial charge in [-0.25, -0.2) is 14.5 Å². The van der Waals surface area contributed by atoms with E-state index in [0.717, 1.165) is 55.6 Å². The normalized spacial score (nSPS) is 15.4. The first-order chi connectivity index (χ1) is 13.8. The molecule has 4 heterocycles. The third-order valence-electron chi connectivity index (χ3n) is 5.14. The molecule has 0 saturated carbocycles. The van der Waals surface area contributed by atoms with Gasteiger partial charge in [0.25, 0.3) is 0 Å². The molecule has 0 N–H and O–H groups in total. The van der Waals surface area contributed by atoms with Crippen LogP contribution in [-0.2, 0) is 5.41 Å². The average Bonchev–Trinajstić information content (AvgIpc) is 2.98. The lowest BCUT2D eigenvalue weighted by Crippen LogP contribution is -2.32. The molecule has 0 aliphatic carbocycles. The summed E-state index contributed by atoms with van der Waals surface area (Å²) in [5.41, 5.74) is 2.36. The molecule has 1 aliphatic rings. The third-order valence-corrected chi connectivity index (χ3v) is 5.42. The highest BCUT2D eigenvalue weighted by Gasteiger charge is 2.21. The Morgan fingerprint density at radius 3 is 2.59 bits per heavy atom. The van der Waals surface area contributed by atoms with Crippen LogP contribution in [0.1, 0.15) is 38.4 Å². The van der Waals surface area contributed by atoms with Gasteiger partial charge in [0.15, 0.2) is 5.65 Å². The second-order valence-electron chi connectivity index (χ2n) is 8.34. The largest absolute Gasteiger partial charge is 0.354 e. The first kappa shape index (κ1) is 19.5. The van der Waals surface area contributed by atoms with Crippen molar-refractivity contribution in [1.82, 2.24) is 19.6 Å². The molecule has 0 spiro atoms. The molecule has 8 heteroatoms. The van der Waals surface area contributed by atoms with Gasteiger partial charge in [-0.3, -0.25) is 0 Å². The topological polar surface area (TPSA) is 73.3 Å². The zero-order valence-electron chi connectivity index (χ0n) is 16.9. The number of rotatable bonds is 2. The lowest BCUT2D eigenvalue weighted by atomic mass is 9.93. The van der Waals surface area contributed by atoms with E-state index in [0.29, 0.717) is 10.6 Å². The Hall–Kier alpha value is -2.85. The average molecular weight is 410 g/mol. The first-order valence-corrected chi connectivity index (χ1v) is 10.2. The molecule has 3 aromatic rings. The molecule has 29 heavy (non-hydrogen) atoms. The maximum Gasteiger partial charge on any atom is 0.153 e. The summed E-state index contributed by atoms with van der Waals surface area (Å²) in [6.07, 6.45) is 4.56. The summed E-state index contributed by atoms with van der Waals surface area (Å²) in [6, 6.07) is 7.82. The number of imidazole rings is 1. The molecule has 0 aromatic carbocycles. The van der Waals surface area contributed by atoms with Gasteiger partial charge in [-0.1, -0.05) is 32.4 Å². The van der Waals surface area contributed by atoms with E-state index in [4.69, 9.17) is 26.9 Å². The van der Waals surface area contributed by atoms with Crippen LogP contribution in [0.15, 0.2) is 30.6 Å². The number of hydrogen-bond donors (Lipinski definition) is 0. The summed E-state index contributed by atoms with van der Waals surface area (Å²) in [5.74, 6) is 1.68. The molecular weight excluding hydrogens is 386 g/mol. The van der Waals surface area contributed by atoms with Crippen LogP contribution < -0.4 is 9.80 Å². The van der Waals surface area contributed by atoms with E-state index in [1.54, 1.807) is 12.3 Å². The molecule has 0 bridgehead atoms. The fourth-order valence-corrected chi connectivity index (χ4v) is 3.77. The fraction of sp³-hybridized carbons (Fsp3) is 0.429. The standard InChI is InChI=1S/C21H24ClN7/c1-21(2,3)17-14-29-18(25-17)5-6-19(26-29)27-7-4-8-28(10-9-27)20-16(22)11-15(12-23)13-24-20/h5-6,11,13-14H,4,7-10H2,1-3H3. The van der Waals surface area contributed by atoms with Crippen LogP contribution in [0.25, 0.3) is 5.65 Å². The Morgan fingerprint density at radius 1 is 1.10 bits per heavy atom. The number of aromatic nitrogens is 4. The van der Waals surface area contributed by atoms with E-state index in [-0.39, 0.29) is 5.41 Å². The van der Waals surface area contributed by atoms with Gasteiger partial charge in [0, 0.05) is 37.8 Å². The predicted octanol–water partition coefficient (Wildman–Crippen LogP) is 3.66. The van der Waals surface area contributed by atoms with Crippen molar-refractivity contribution in [1.29, 1.82) is 5.26 Å². The number of fused-ring (bicyclic) bond motifs is 1. The molecule has 3 aromatic heterocycles. The van der Waals surface area contributed by atoms with Crippen molar-refractivity contribution in [3.63, 3.8) is 0 Å². The van der Waals surface area contributed by atoms with Crippen molar-refractivity contribution in [3.8, 4) is 6.07 Å². The van der Waals surface area contributed by atoms with E-state index >= 15 is 0 Å². The van der Waals surface area contributed by atoms with E-state index in [1.807, 2.05) is 22.8 Å². The maximum atomic E-state index is 9.01. The highest BCUT2D eigenvalue weighted by molar-refractivity contribution is 6.33. The molecule has 7 nitrogen and oxygen atoms in total. The lowest BCUT2D eigenvalue weighted by Gasteiger charge is -2.24. The quantitative estimate of drug-likeness (QED) is 0.643. The van der Waals surface area contributed by atoms with Crippen LogP contribution in [0, 0.1) is 11.3 Å². The van der Waals surface area contributed by atoms with Gasteiger partial charge in [-0.05, 0) is 24.6 Å². The number of nitriles is 1. The minimum Gasteiger partial charge on any atom is -0.354 e. The Labute approximate surface area is 175 Å². The Balaban J connectivity index is 1.53. The summed E-state index contributed by atoms with van der Waals surface area (Å²) in [4.78, 5) is 13.6. The number of anilines is 2. The van der Waals surface area contributed by atoms with Crippen molar-refractivity contribution in [2.24, 2.45) is 0 Å². The Bertz CT molecular complexity index is 1080. The molecule has 1 aliphatic heterocycles. The molecule has 0 unspecified atom stereocenters. The van der Waals surface area contributed by atoms with Gasteiger partial charge in [0.1, 0.15) is 17.7 Å². The number of pyridine rings is 1. The van der Waals surface area contributed by atoms with Crippen molar-refractivity contribution in [2.45, 2.75) is 32.6 Å². The van der Waals surface area contributed by atoms with Gasteiger partial charge in [0.05, 0.1) is 22.5 Å². The smallest absolute Gasteiger partial charge is 0.153 e. The summed E-state index contributed by atoms with van der Waals surface area (Å²) in [5, 5.41) is 14.3. The molecule has 0 amide bonds. The maximum absolute atomic E-state index is 9.01. The molecule has 1 saturated heterocycles. The van der Waals surface area contributed by atoms with Gasteiger partial charge in [-0.2, -0.15) is 5.26 Å². The summed E-state index contributed by atoms with van der Waals surface area (Å²) >= 11 is 6.36. The molecule has 0 radical (unpaired) electrons. The zero-order chi connectivity index (χ0) is 20.6. The second-order valence-corrected chi connectivity index (χ2v) is 8.75. The van der Waals surface area contributed by atoms with E-state index in [1.165, 1.54) is 0 Å². The fourth-order valence-electron chi connectivity index (χ4n) is 3.48. The molecule has 0 atom stereocenters. The van der Waals surface area contributed by atoms with Crippen LogP contribution in [0.2, 0.25) is 5.02 Å². The molecular formula is C21H24ClN7. The minimum atomic E-state index is -0.00959. The minimum absolute atomic E-state index is 0.00959. The summed E-state index contributed by atoms with van der Waals surface area (Å²) in [6.45, 7) is 9.83. The summed E-state index contributed by atoms with van der Waals surface area (Å²) in [7, 11) is 0. The van der Waals surface area contributed by atoms with Crippen LogP contribution in [0.5, 0.6) is 0 Å². The lowest BCUT2D eigenvalue weighted by molar-refractivity contribution is 0.572. The zero-order valence-corrected chi connectivity index (χ0v) is 17.7. The van der Waals surface area contributed by atoms with Crippen molar-refractivity contribution >= 4 is 28.9 Å². The first-order valence-electron chi connectivity index (χ1n) is 9.77. The van der Waals surface area contributed by atoms with Gasteiger partial charge in [0.2, 0.25) is 0 Å². The van der Waals surface area contributed by atoms with Crippen LogP contribution in [0.3, 0.4) is 0 Å². The number of halogens is 1. The second kappa shape index (κ2) is 7.53. The highest BCUT2D eigenvalue weighted by Crippen LogP contribution is 2.26. The molecule has 1 fully saturated rings. The monoisotopic (exact) mass is 409 g/mol. The van der Waals surface area contributed by atoms with E-state index in [2.05, 4.69) is 41.6 Å². The Kier molecular flexibility index (Phi) is 5.05. The highest BCUT2D eigenvalue weighted by atomic mass is 35.5. The Morgan fingerprint density at radius 2 is 1.86 bits per heavy atom. The summed E-state index contributed by atoms with van der Waals surface area (Å²) < 4.78 is 1.87. The van der Waals surface area contributed by atoms with Crippen LogP contribution >= 0.6 is 11.6 Å². The van der Waals surface area contributed by atoms with Gasteiger partial charge < -0.3 is 9.80 Å². The van der Waals surface area contributed by atoms with E-state index in [9.17, 15) is 0 Å². The van der Waals surface area contributed by atoms with E-state index < -0.39 is 0 Å². The van der Waals surface area contributed by atoms with Gasteiger partial charge in [-0.15, -0.1) is 5.10 Å². The third kappa shape index (κ3) is 3.99. The predicted molar refractivity (Wildman–Crippen MR) is 115 cm³/mol. The van der Waals surface area contributed by atoms with Crippen molar-refractivity contribution in [2.75, 3.05) is 36.0 Å².